The fourth-order valence-electron chi connectivity index (χ4n) is 1.96. The summed E-state index contributed by atoms with van der Waals surface area (Å²) in [6, 6.07) is 11.6. The average Bonchev–Trinajstić information content (AvgIpc) is 2.48. The molecule has 0 fully saturated rings. The zero-order chi connectivity index (χ0) is 15.0. The Morgan fingerprint density at radius 2 is 1.95 bits per heavy atom. The van der Waals surface area contributed by atoms with Gasteiger partial charge in [0.1, 0.15) is 0 Å². The number of fused-ring (bicyclic) bond motifs is 2. The number of anilines is 2. The van der Waals surface area contributed by atoms with Crippen molar-refractivity contribution < 1.29 is 9.53 Å². The molecule has 2 aromatic carbocycles. The van der Waals surface area contributed by atoms with Crippen molar-refractivity contribution in [3.63, 3.8) is 0 Å². The lowest BCUT2D eigenvalue weighted by atomic mass is 10.2. The van der Waals surface area contributed by atoms with E-state index in [1.54, 1.807) is 31.7 Å². The van der Waals surface area contributed by atoms with Crippen LogP contribution in [0.3, 0.4) is 0 Å². The molecule has 0 spiro atoms. The molecular formula is C16H14ClNO2S. The minimum atomic E-state index is -0.286. The molecule has 1 aliphatic heterocycles. The summed E-state index contributed by atoms with van der Waals surface area (Å²) in [7, 11) is 0. The molecule has 0 unspecified atom stereocenters. The molecular weight excluding hydrogens is 306 g/mol. The number of hydrogen-bond acceptors (Lipinski definition) is 4. The molecule has 1 heterocycles. The van der Waals surface area contributed by atoms with Crippen LogP contribution in [-0.4, -0.2) is 5.97 Å². The molecule has 0 saturated carbocycles. The van der Waals surface area contributed by atoms with Crippen LogP contribution < -0.4 is 10.1 Å². The fraction of sp³-hybridized carbons (Fsp3) is 0.188. The van der Waals surface area contributed by atoms with E-state index in [-0.39, 0.29) is 11.9 Å². The maximum Gasteiger partial charge on any atom is 0.313 e. The summed E-state index contributed by atoms with van der Waals surface area (Å²) in [5, 5.41) is 3.81. The molecule has 3 rings (SSSR count). The largest absolute Gasteiger partial charge is 0.425 e. The molecule has 0 radical (unpaired) electrons. The molecule has 2 aromatic rings. The number of ether oxygens (including phenoxy) is 1. The summed E-state index contributed by atoms with van der Waals surface area (Å²) >= 11 is 7.98. The monoisotopic (exact) mass is 319 g/mol. The summed E-state index contributed by atoms with van der Waals surface area (Å²) in [5.74, 6) is -0.0718. The second-order valence-electron chi connectivity index (χ2n) is 5.05. The van der Waals surface area contributed by atoms with Gasteiger partial charge in [0, 0.05) is 4.90 Å². The predicted octanol–water partition coefficient (Wildman–Crippen LogP) is 5.11. The van der Waals surface area contributed by atoms with Gasteiger partial charge < -0.3 is 10.1 Å². The Bertz CT molecular complexity index is 715. The standard InChI is InChI=1S/C16H14ClNO2S/c1-9(2)16(19)20-12-8-7-11-15(14(12)17)21-13-6-4-3-5-10(13)18-11/h3-9,18H,1-2H3. The quantitative estimate of drug-likeness (QED) is 0.526. The highest BCUT2D eigenvalue weighted by molar-refractivity contribution is 7.99. The number of hydrogen-bond donors (Lipinski definition) is 1. The number of rotatable bonds is 2. The Morgan fingerprint density at radius 1 is 1.19 bits per heavy atom. The van der Waals surface area contributed by atoms with Crippen LogP contribution in [0.2, 0.25) is 5.02 Å². The highest BCUT2D eigenvalue weighted by atomic mass is 35.5. The first-order valence-corrected chi connectivity index (χ1v) is 7.84. The number of benzene rings is 2. The van der Waals surface area contributed by atoms with E-state index < -0.39 is 0 Å². The predicted molar refractivity (Wildman–Crippen MR) is 85.8 cm³/mol. The van der Waals surface area contributed by atoms with Gasteiger partial charge in [0.25, 0.3) is 0 Å². The van der Waals surface area contributed by atoms with E-state index in [2.05, 4.69) is 5.32 Å². The first-order valence-electron chi connectivity index (χ1n) is 6.64. The third-order valence-electron chi connectivity index (χ3n) is 3.11. The molecule has 21 heavy (non-hydrogen) atoms. The number of halogens is 1. The van der Waals surface area contributed by atoms with Crippen LogP contribution in [0, 0.1) is 5.92 Å². The second kappa shape index (κ2) is 5.62. The summed E-state index contributed by atoms with van der Waals surface area (Å²) in [5.41, 5.74) is 1.98. The molecule has 0 aliphatic carbocycles. The summed E-state index contributed by atoms with van der Waals surface area (Å²) in [6.45, 7) is 3.59. The van der Waals surface area contributed by atoms with Crippen LogP contribution in [0.1, 0.15) is 13.8 Å². The first-order chi connectivity index (χ1) is 10.1. The Morgan fingerprint density at radius 3 is 2.71 bits per heavy atom. The Labute approximate surface area is 132 Å². The average molecular weight is 320 g/mol. The summed E-state index contributed by atoms with van der Waals surface area (Å²) in [6.07, 6.45) is 0. The van der Waals surface area contributed by atoms with Gasteiger partial charge in [-0.05, 0) is 24.3 Å². The highest BCUT2D eigenvalue weighted by Crippen LogP contribution is 2.49. The molecule has 0 amide bonds. The summed E-state index contributed by atoms with van der Waals surface area (Å²) in [4.78, 5) is 13.7. The van der Waals surface area contributed by atoms with Crippen molar-refractivity contribution >= 4 is 40.7 Å². The van der Waals surface area contributed by atoms with E-state index in [1.165, 1.54) is 0 Å². The number of para-hydroxylation sites is 1. The fourth-order valence-corrected chi connectivity index (χ4v) is 3.29. The molecule has 0 bridgehead atoms. The summed E-state index contributed by atoms with van der Waals surface area (Å²) < 4.78 is 5.35. The molecule has 108 valence electrons. The van der Waals surface area contributed by atoms with E-state index in [0.717, 1.165) is 21.2 Å². The normalized spacial score (nSPS) is 12.4. The maximum atomic E-state index is 11.7. The Balaban J connectivity index is 1.95. The zero-order valence-electron chi connectivity index (χ0n) is 11.6. The lowest BCUT2D eigenvalue weighted by molar-refractivity contribution is -0.137. The van der Waals surface area contributed by atoms with Crippen LogP contribution in [0.5, 0.6) is 5.75 Å². The van der Waals surface area contributed by atoms with Crippen molar-refractivity contribution in [2.45, 2.75) is 23.6 Å². The Kier molecular flexibility index (Phi) is 3.83. The molecule has 5 heteroatoms. The van der Waals surface area contributed by atoms with Crippen LogP contribution in [0.25, 0.3) is 0 Å². The van der Waals surface area contributed by atoms with Gasteiger partial charge in [0.05, 0.1) is 27.2 Å². The molecule has 0 saturated heterocycles. The molecule has 1 aliphatic rings. The minimum absolute atomic E-state index is 0.191. The lowest BCUT2D eigenvalue weighted by Crippen LogP contribution is -2.15. The van der Waals surface area contributed by atoms with E-state index in [4.69, 9.17) is 16.3 Å². The zero-order valence-corrected chi connectivity index (χ0v) is 13.2. The molecule has 0 aromatic heterocycles. The van der Waals surface area contributed by atoms with Crippen LogP contribution >= 0.6 is 23.4 Å². The van der Waals surface area contributed by atoms with Crippen molar-refractivity contribution in [3.8, 4) is 5.75 Å². The third kappa shape index (κ3) is 2.74. The van der Waals surface area contributed by atoms with Crippen molar-refractivity contribution in [3.05, 3.63) is 41.4 Å². The number of carbonyl (C=O) groups excluding carboxylic acids is 1. The van der Waals surface area contributed by atoms with Gasteiger partial charge in [-0.15, -0.1) is 0 Å². The van der Waals surface area contributed by atoms with Crippen molar-refractivity contribution in [2.24, 2.45) is 5.92 Å². The van der Waals surface area contributed by atoms with Crippen molar-refractivity contribution in [1.82, 2.24) is 0 Å². The van der Waals surface area contributed by atoms with Gasteiger partial charge in [-0.1, -0.05) is 49.3 Å². The van der Waals surface area contributed by atoms with E-state index in [9.17, 15) is 4.79 Å². The second-order valence-corrected chi connectivity index (χ2v) is 6.48. The topological polar surface area (TPSA) is 38.3 Å². The maximum absolute atomic E-state index is 11.7. The van der Waals surface area contributed by atoms with Gasteiger partial charge >= 0.3 is 5.97 Å². The van der Waals surface area contributed by atoms with Gasteiger partial charge in [0.15, 0.2) is 5.75 Å². The lowest BCUT2D eigenvalue weighted by Gasteiger charge is -2.22. The first kappa shape index (κ1) is 14.3. The van der Waals surface area contributed by atoms with Gasteiger partial charge in [-0.2, -0.15) is 0 Å². The van der Waals surface area contributed by atoms with Crippen LogP contribution in [0.15, 0.2) is 46.2 Å². The highest BCUT2D eigenvalue weighted by Gasteiger charge is 2.22. The third-order valence-corrected chi connectivity index (χ3v) is 4.80. The minimum Gasteiger partial charge on any atom is -0.425 e. The molecule has 3 nitrogen and oxygen atoms in total. The van der Waals surface area contributed by atoms with Gasteiger partial charge in [-0.25, -0.2) is 0 Å². The van der Waals surface area contributed by atoms with Crippen molar-refractivity contribution in [2.75, 3.05) is 5.32 Å². The van der Waals surface area contributed by atoms with Crippen LogP contribution in [-0.2, 0) is 4.79 Å². The van der Waals surface area contributed by atoms with E-state index in [1.807, 2.05) is 30.3 Å². The number of nitrogens with one attached hydrogen (secondary N) is 1. The number of carbonyl (C=O) groups is 1. The van der Waals surface area contributed by atoms with Crippen molar-refractivity contribution in [1.29, 1.82) is 0 Å². The van der Waals surface area contributed by atoms with Gasteiger partial charge in [-0.3, -0.25) is 4.79 Å². The SMILES string of the molecule is CC(C)C(=O)Oc1ccc2c(c1Cl)Sc1ccccc1N2. The smallest absolute Gasteiger partial charge is 0.313 e. The van der Waals surface area contributed by atoms with E-state index >= 15 is 0 Å². The number of esters is 1. The Hall–Kier alpha value is -1.65. The molecule has 0 atom stereocenters. The van der Waals surface area contributed by atoms with Gasteiger partial charge in [0.2, 0.25) is 0 Å². The van der Waals surface area contributed by atoms with Crippen LogP contribution in [0.4, 0.5) is 11.4 Å². The molecule has 1 N–H and O–H groups in total. The van der Waals surface area contributed by atoms with E-state index in [0.29, 0.717) is 10.8 Å².